The fourth-order valence-corrected chi connectivity index (χ4v) is 2.23. The van der Waals surface area contributed by atoms with Crippen LogP contribution in [0.3, 0.4) is 0 Å². The standard InChI is InChI=1S/C15H19NO4/c1-20-9-13(15(18)19)16-14(17)12-7-5-11(6-8-12)10-3-2-4-10/h5-8,10,13H,2-4,9H2,1H3,(H,16,17)(H,18,19). The number of hydrogen-bond acceptors (Lipinski definition) is 3. The van der Waals surface area contributed by atoms with E-state index in [0.717, 1.165) is 0 Å². The number of hydrogen-bond donors (Lipinski definition) is 2. The van der Waals surface area contributed by atoms with Crippen molar-refractivity contribution in [2.24, 2.45) is 0 Å². The maximum atomic E-state index is 12.0. The number of nitrogens with one attached hydrogen (secondary N) is 1. The predicted molar refractivity (Wildman–Crippen MR) is 73.8 cm³/mol. The molecular weight excluding hydrogens is 258 g/mol. The monoisotopic (exact) mass is 277 g/mol. The number of carboxylic acids is 1. The van der Waals surface area contributed by atoms with Gasteiger partial charge in [-0.1, -0.05) is 18.6 Å². The second kappa shape index (κ2) is 6.52. The second-order valence-corrected chi connectivity index (χ2v) is 5.07. The van der Waals surface area contributed by atoms with Gasteiger partial charge in [-0.2, -0.15) is 0 Å². The van der Waals surface area contributed by atoms with Gasteiger partial charge in [-0.25, -0.2) is 4.79 Å². The van der Waals surface area contributed by atoms with Gasteiger partial charge in [0, 0.05) is 12.7 Å². The third kappa shape index (κ3) is 3.36. The summed E-state index contributed by atoms with van der Waals surface area (Å²) < 4.78 is 4.78. The van der Waals surface area contributed by atoms with Crippen molar-refractivity contribution in [2.75, 3.05) is 13.7 Å². The molecule has 0 spiro atoms. The van der Waals surface area contributed by atoms with Crippen molar-refractivity contribution in [1.82, 2.24) is 5.32 Å². The molecular formula is C15H19NO4. The van der Waals surface area contributed by atoms with Gasteiger partial charge in [-0.05, 0) is 36.5 Å². The number of methoxy groups -OCH3 is 1. The molecule has 1 unspecified atom stereocenters. The quantitative estimate of drug-likeness (QED) is 0.831. The molecule has 5 nitrogen and oxygen atoms in total. The molecule has 0 aromatic heterocycles. The lowest BCUT2D eigenvalue weighted by Crippen LogP contribution is -2.43. The normalized spacial score (nSPS) is 16.2. The molecule has 0 radical (unpaired) electrons. The summed E-state index contributed by atoms with van der Waals surface area (Å²) in [6, 6.07) is 6.36. The number of carbonyl (C=O) groups excluding carboxylic acids is 1. The zero-order valence-corrected chi connectivity index (χ0v) is 11.5. The maximum Gasteiger partial charge on any atom is 0.328 e. The highest BCUT2D eigenvalue weighted by atomic mass is 16.5. The third-order valence-electron chi connectivity index (χ3n) is 3.69. The van der Waals surface area contributed by atoms with E-state index < -0.39 is 17.9 Å². The summed E-state index contributed by atoms with van der Waals surface area (Å²) in [5, 5.41) is 11.4. The van der Waals surface area contributed by atoms with Gasteiger partial charge in [0.15, 0.2) is 6.04 Å². The summed E-state index contributed by atoms with van der Waals surface area (Å²) >= 11 is 0. The lowest BCUT2D eigenvalue weighted by molar-refractivity contribution is -0.140. The Morgan fingerprint density at radius 1 is 1.35 bits per heavy atom. The molecule has 1 amide bonds. The van der Waals surface area contributed by atoms with E-state index in [1.165, 1.54) is 31.9 Å². The van der Waals surface area contributed by atoms with Crippen molar-refractivity contribution in [2.45, 2.75) is 31.2 Å². The number of benzene rings is 1. The largest absolute Gasteiger partial charge is 0.480 e. The topological polar surface area (TPSA) is 75.6 Å². The van der Waals surface area contributed by atoms with Crippen LogP contribution in [0, 0.1) is 0 Å². The van der Waals surface area contributed by atoms with Crippen LogP contribution in [0.25, 0.3) is 0 Å². The zero-order chi connectivity index (χ0) is 14.5. The van der Waals surface area contributed by atoms with Gasteiger partial charge in [0.25, 0.3) is 5.91 Å². The fourth-order valence-electron chi connectivity index (χ4n) is 2.23. The number of rotatable bonds is 6. The van der Waals surface area contributed by atoms with Crippen molar-refractivity contribution < 1.29 is 19.4 Å². The summed E-state index contributed by atoms with van der Waals surface area (Å²) in [5.41, 5.74) is 1.72. The first kappa shape index (κ1) is 14.5. The van der Waals surface area contributed by atoms with Gasteiger partial charge in [0.05, 0.1) is 6.61 Å². The smallest absolute Gasteiger partial charge is 0.328 e. The summed E-state index contributed by atoms with van der Waals surface area (Å²) in [7, 11) is 1.40. The molecule has 1 fully saturated rings. The molecule has 0 bridgehead atoms. The molecule has 1 aromatic rings. The van der Waals surface area contributed by atoms with E-state index in [1.54, 1.807) is 12.1 Å². The molecule has 5 heteroatoms. The van der Waals surface area contributed by atoms with Gasteiger partial charge in [0.1, 0.15) is 0 Å². The molecule has 0 heterocycles. The van der Waals surface area contributed by atoms with E-state index in [0.29, 0.717) is 11.5 Å². The molecule has 0 saturated heterocycles. The van der Waals surface area contributed by atoms with E-state index >= 15 is 0 Å². The lowest BCUT2D eigenvalue weighted by Gasteiger charge is -2.25. The number of carbonyl (C=O) groups is 2. The van der Waals surface area contributed by atoms with Crippen LogP contribution in [0.15, 0.2) is 24.3 Å². The van der Waals surface area contributed by atoms with E-state index in [1.807, 2.05) is 12.1 Å². The molecule has 20 heavy (non-hydrogen) atoms. The predicted octanol–water partition coefficient (Wildman–Crippen LogP) is 1.78. The molecule has 1 aliphatic rings. The highest BCUT2D eigenvalue weighted by Crippen LogP contribution is 2.36. The Hall–Kier alpha value is -1.88. The van der Waals surface area contributed by atoms with Crippen LogP contribution in [0.2, 0.25) is 0 Å². The van der Waals surface area contributed by atoms with Gasteiger partial charge >= 0.3 is 5.97 Å². The summed E-state index contributed by atoms with van der Waals surface area (Å²) in [5.74, 6) is -0.881. The fraction of sp³-hybridized carbons (Fsp3) is 0.467. The number of carboxylic acid groups (broad SMARTS) is 1. The van der Waals surface area contributed by atoms with Gasteiger partial charge < -0.3 is 15.2 Å². The van der Waals surface area contributed by atoms with Crippen LogP contribution in [-0.4, -0.2) is 36.7 Å². The van der Waals surface area contributed by atoms with Crippen molar-refractivity contribution in [1.29, 1.82) is 0 Å². The molecule has 1 aromatic carbocycles. The lowest BCUT2D eigenvalue weighted by atomic mass is 9.80. The van der Waals surface area contributed by atoms with Crippen LogP contribution in [-0.2, 0) is 9.53 Å². The van der Waals surface area contributed by atoms with Crippen LogP contribution < -0.4 is 5.32 Å². The number of amides is 1. The van der Waals surface area contributed by atoms with E-state index in [2.05, 4.69) is 5.32 Å². The Morgan fingerprint density at radius 2 is 2.00 bits per heavy atom. The van der Waals surface area contributed by atoms with Crippen LogP contribution >= 0.6 is 0 Å². The molecule has 108 valence electrons. The van der Waals surface area contributed by atoms with E-state index in [9.17, 15) is 9.59 Å². The second-order valence-electron chi connectivity index (χ2n) is 5.07. The van der Waals surface area contributed by atoms with Crippen molar-refractivity contribution in [3.05, 3.63) is 35.4 Å². The van der Waals surface area contributed by atoms with E-state index in [4.69, 9.17) is 9.84 Å². The molecule has 2 rings (SSSR count). The van der Waals surface area contributed by atoms with Crippen LogP contribution in [0.5, 0.6) is 0 Å². The average Bonchev–Trinajstić information content (AvgIpc) is 2.36. The SMILES string of the molecule is COCC(NC(=O)c1ccc(C2CCC2)cc1)C(=O)O. The number of ether oxygens (including phenoxy) is 1. The first-order valence-corrected chi connectivity index (χ1v) is 6.74. The Kier molecular flexibility index (Phi) is 4.74. The summed E-state index contributed by atoms with van der Waals surface area (Å²) in [6.07, 6.45) is 3.69. The minimum Gasteiger partial charge on any atom is -0.480 e. The van der Waals surface area contributed by atoms with E-state index in [-0.39, 0.29) is 6.61 Å². The number of aliphatic carboxylic acids is 1. The Balaban J connectivity index is 1.99. The molecule has 1 aliphatic carbocycles. The third-order valence-corrected chi connectivity index (χ3v) is 3.69. The minimum absolute atomic E-state index is 0.0543. The van der Waals surface area contributed by atoms with Gasteiger partial charge in [0.2, 0.25) is 0 Å². The van der Waals surface area contributed by atoms with Crippen LogP contribution in [0.4, 0.5) is 0 Å². The summed E-state index contributed by atoms with van der Waals surface area (Å²) in [4.78, 5) is 22.9. The maximum absolute atomic E-state index is 12.0. The Labute approximate surface area is 117 Å². The van der Waals surface area contributed by atoms with Gasteiger partial charge in [-0.15, -0.1) is 0 Å². The highest BCUT2D eigenvalue weighted by Gasteiger charge is 2.22. The zero-order valence-electron chi connectivity index (χ0n) is 11.5. The molecule has 1 atom stereocenters. The van der Waals surface area contributed by atoms with Crippen molar-refractivity contribution >= 4 is 11.9 Å². The molecule has 1 saturated carbocycles. The Morgan fingerprint density at radius 3 is 2.45 bits per heavy atom. The highest BCUT2D eigenvalue weighted by molar-refractivity contribution is 5.96. The Bertz CT molecular complexity index is 479. The summed E-state index contributed by atoms with van der Waals surface area (Å²) in [6.45, 7) is -0.0543. The van der Waals surface area contributed by atoms with Crippen LogP contribution in [0.1, 0.15) is 41.1 Å². The van der Waals surface area contributed by atoms with Crippen molar-refractivity contribution in [3.8, 4) is 0 Å². The molecule has 0 aliphatic heterocycles. The minimum atomic E-state index is -1.11. The first-order chi connectivity index (χ1) is 9.61. The molecule has 2 N–H and O–H groups in total. The average molecular weight is 277 g/mol. The first-order valence-electron chi connectivity index (χ1n) is 6.74. The van der Waals surface area contributed by atoms with Gasteiger partial charge in [-0.3, -0.25) is 4.79 Å². The van der Waals surface area contributed by atoms with Crippen molar-refractivity contribution in [3.63, 3.8) is 0 Å².